The van der Waals surface area contributed by atoms with Crippen LogP contribution in [-0.2, 0) is 0 Å². The maximum absolute atomic E-state index is 13.3. The Labute approximate surface area is 109 Å². The highest BCUT2D eigenvalue weighted by Gasteiger charge is 2.23. The molecule has 2 atom stereocenters. The molecule has 1 fully saturated rings. The summed E-state index contributed by atoms with van der Waals surface area (Å²) < 4.78 is 19.4. The Hall–Kier alpha value is -0.610. The first-order chi connectivity index (χ1) is 8.16. The third-order valence-corrected chi connectivity index (χ3v) is 3.74. The SMILES string of the molecule is OC1CCCCCC1Oc1ccc(Br)c(F)c1. The van der Waals surface area contributed by atoms with Crippen molar-refractivity contribution in [2.75, 3.05) is 0 Å². The van der Waals surface area contributed by atoms with Gasteiger partial charge in [0.1, 0.15) is 17.7 Å². The third-order valence-electron chi connectivity index (χ3n) is 3.10. The number of aliphatic hydroxyl groups excluding tert-OH is 1. The van der Waals surface area contributed by atoms with E-state index in [1.807, 2.05) is 0 Å². The van der Waals surface area contributed by atoms with Gasteiger partial charge >= 0.3 is 0 Å². The van der Waals surface area contributed by atoms with Crippen molar-refractivity contribution < 1.29 is 14.2 Å². The van der Waals surface area contributed by atoms with Gasteiger partial charge in [0.2, 0.25) is 0 Å². The minimum Gasteiger partial charge on any atom is -0.488 e. The minimum atomic E-state index is -0.441. The van der Waals surface area contributed by atoms with Gasteiger partial charge < -0.3 is 9.84 Å². The lowest BCUT2D eigenvalue weighted by atomic mass is 10.1. The summed E-state index contributed by atoms with van der Waals surface area (Å²) in [7, 11) is 0. The van der Waals surface area contributed by atoms with E-state index in [-0.39, 0.29) is 11.9 Å². The van der Waals surface area contributed by atoms with Gasteiger partial charge in [-0.05, 0) is 47.3 Å². The standard InChI is InChI=1S/C13H16BrFO2/c14-10-7-6-9(8-11(10)15)17-13-5-3-1-2-4-12(13)16/h6-8,12-13,16H,1-5H2. The Bertz CT molecular complexity index is 384. The quantitative estimate of drug-likeness (QED) is 0.845. The highest BCUT2D eigenvalue weighted by molar-refractivity contribution is 9.10. The molecule has 1 saturated carbocycles. The number of rotatable bonds is 2. The Morgan fingerprint density at radius 2 is 2.00 bits per heavy atom. The topological polar surface area (TPSA) is 29.5 Å². The molecule has 1 aliphatic rings. The molecule has 4 heteroatoms. The molecule has 0 spiro atoms. The largest absolute Gasteiger partial charge is 0.488 e. The zero-order valence-electron chi connectivity index (χ0n) is 9.53. The van der Waals surface area contributed by atoms with Gasteiger partial charge in [0.25, 0.3) is 0 Å². The molecular weight excluding hydrogens is 287 g/mol. The number of halogens is 2. The van der Waals surface area contributed by atoms with Crippen LogP contribution in [0.1, 0.15) is 32.1 Å². The molecule has 17 heavy (non-hydrogen) atoms. The molecule has 0 aromatic heterocycles. The molecule has 94 valence electrons. The number of aliphatic hydroxyl groups is 1. The number of hydrogen-bond acceptors (Lipinski definition) is 2. The average Bonchev–Trinajstić information content (AvgIpc) is 2.50. The monoisotopic (exact) mass is 302 g/mol. The molecule has 1 aromatic carbocycles. The molecular formula is C13H16BrFO2. The zero-order valence-corrected chi connectivity index (χ0v) is 11.1. The maximum atomic E-state index is 13.3. The fourth-order valence-electron chi connectivity index (χ4n) is 2.12. The van der Waals surface area contributed by atoms with Gasteiger partial charge in [-0.1, -0.05) is 12.8 Å². The van der Waals surface area contributed by atoms with Crippen LogP contribution in [0.3, 0.4) is 0 Å². The summed E-state index contributed by atoms with van der Waals surface area (Å²) in [5.41, 5.74) is 0. The Kier molecular flexibility index (Phi) is 4.40. The first-order valence-electron chi connectivity index (χ1n) is 5.96. The molecule has 1 aliphatic carbocycles. The summed E-state index contributed by atoms with van der Waals surface area (Å²) in [5, 5.41) is 9.91. The lowest BCUT2D eigenvalue weighted by Crippen LogP contribution is -2.30. The Balaban J connectivity index is 2.05. The second-order valence-corrected chi connectivity index (χ2v) is 5.29. The van der Waals surface area contributed by atoms with Crippen molar-refractivity contribution in [3.63, 3.8) is 0 Å². The third kappa shape index (κ3) is 3.42. The van der Waals surface area contributed by atoms with Gasteiger partial charge in [0.05, 0.1) is 10.6 Å². The van der Waals surface area contributed by atoms with Crippen LogP contribution in [0.4, 0.5) is 4.39 Å². The van der Waals surface area contributed by atoms with Crippen LogP contribution < -0.4 is 4.74 Å². The van der Waals surface area contributed by atoms with Crippen molar-refractivity contribution in [1.82, 2.24) is 0 Å². The van der Waals surface area contributed by atoms with Crippen molar-refractivity contribution in [3.05, 3.63) is 28.5 Å². The summed E-state index contributed by atoms with van der Waals surface area (Å²) in [6.45, 7) is 0. The summed E-state index contributed by atoms with van der Waals surface area (Å²) in [6, 6.07) is 4.68. The van der Waals surface area contributed by atoms with Gasteiger partial charge in [-0.2, -0.15) is 0 Å². The second kappa shape index (κ2) is 5.83. The highest BCUT2D eigenvalue weighted by Crippen LogP contribution is 2.26. The molecule has 0 aliphatic heterocycles. The van der Waals surface area contributed by atoms with E-state index < -0.39 is 6.10 Å². The normalized spacial score (nSPS) is 25.4. The van der Waals surface area contributed by atoms with Crippen LogP contribution >= 0.6 is 15.9 Å². The van der Waals surface area contributed by atoms with Crippen molar-refractivity contribution >= 4 is 15.9 Å². The zero-order chi connectivity index (χ0) is 12.3. The van der Waals surface area contributed by atoms with Gasteiger partial charge in [0.15, 0.2) is 0 Å². The lowest BCUT2D eigenvalue weighted by molar-refractivity contribution is 0.0318. The van der Waals surface area contributed by atoms with Gasteiger partial charge in [0, 0.05) is 6.07 Å². The van der Waals surface area contributed by atoms with E-state index in [1.165, 1.54) is 6.07 Å². The van der Waals surface area contributed by atoms with Crippen LogP contribution in [0.15, 0.2) is 22.7 Å². The summed E-state index contributed by atoms with van der Waals surface area (Å²) in [5.74, 6) is 0.141. The van der Waals surface area contributed by atoms with E-state index in [1.54, 1.807) is 12.1 Å². The molecule has 0 bridgehead atoms. The fourth-order valence-corrected chi connectivity index (χ4v) is 2.36. The van der Waals surface area contributed by atoms with Gasteiger partial charge in [-0.15, -0.1) is 0 Å². The molecule has 0 amide bonds. The van der Waals surface area contributed by atoms with E-state index in [2.05, 4.69) is 15.9 Å². The average molecular weight is 303 g/mol. The van der Waals surface area contributed by atoms with Crippen LogP contribution in [0.5, 0.6) is 5.75 Å². The number of ether oxygens (including phenoxy) is 1. The Morgan fingerprint density at radius 1 is 1.24 bits per heavy atom. The smallest absolute Gasteiger partial charge is 0.141 e. The summed E-state index contributed by atoms with van der Waals surface area (Å²) in [6.07, 6.45) is 4.17. The molecule has 2 rings (SSSR count). The maximum Gasteiger partial charge on any atom is 0.141 e. The van der Waals surface area contributed by atoms with E-state index in [0.29, 0.717) is 10.2 Å². The molecule has 0 heterocycles. The molecule has 2 unspecified atom stereocenters. The molecule has 0 saturated heterocycles. The molecule has 2 nitrogen and oxygen atoms in total. The second-order valence-electron chi connectivity index (χ2n) is 4.44. The predicted molar refractivity (Wildman–Crippen MR) is 67.6 cm³/mol. The van der Waals surface area contributed by atoms with Crippen molar-refractivity contribution in [1.29, 1.82) is 0 Å². The molecule has 1 aromatic rings. The van der Waals surface area contributed by atoms with Crippen LogP contribution in [0, 0.1) is 5.82 Å². The minimum absolute atomic E-state index is 0.210. The molecule has 1 N–H and O–H groups in total. The van der Waals surface area contributed by atoms with Crippen LogP contribution in [0.25, 0.3) is 0 Å². The van der Waals surface area contributed by atoms with E-state index in [9.17, 15) is 9.50 Å². The van der Waals surface area contributed by atoms with E-state index in [4.69, 9.17) is 4.74 Å². The van der Waals surface area contributed by atoms with Crippen LogP contribution in [-0.4, -0.2) is 17.3 Å². The van der Waals surface area contributed by atoms with E-state index >= 15 is 0 Å². The van der Waals surface area contributed by atoms with Crippen LogP contribution in [0.2, 0.25) is 0 Å². The van der Waals surface area contributed by atoms with Crippen molar-refractivity contribution in [3.8, 4) is 5.75 Å². The van der Waals surface area contributed by atoms with Crippen molar-refractivity contribution in [2.45, 2.75) is 44.3 Å². The van der Waals surface area contributed by atoms with E-state index in [0.717, 1.165) is 32.1 Å². The van der Waals surface area contributed by atoms with Gasteiger partial charge in [-0.25, -0.2) is 4.39 Å². The summed E-state index contributed by atoms with van der Waals surface area (Å²) in [4.78, 5) is 0. The number of benzene rings is 1. The lowest BCUT2D eigenvalue weighted by Gasteiger charge is -2.22. The first-order valence-corrected chi connectivity index (χ1v) is 6.76. The van der Waals surface area contributed by atoms with Crippen molar-refractivity contribution in [2.24, 2.45) is 0 Å². The first kappa shape index (κ1) is 12.8. The Morgan fingerprint density at radius 3 is 2.76 bits per heavy atom. The van der Waals surface area contributed by atoms with Gasteiger partial charge in [-0.3, -0.25) is 0 Å². The highest BCUT2D eigenvalue weighted by atomic mass is 79.9. The predicted octanol–water partition coefficient (Wildman–Crippen LogP) is 3.66. The summed E-state index contributed by atoms with van der Waals surface area (Å²) >= 11 is 3.10. The number of hydrogen-bond donors (Lipinski definition) is 1. The fraction of sp³-hybridized carbons (Fsp3) is 0.538. The molecule has 0 radical (unpaired) electrons.